The number of aliphatic hydroxyl groups is 2. The molecule has 0 saturated heterocycles. The van der Waals surface area contributed by atoms with Crippen molar-refractivity contribution < 1.29 is 34.6 Å². The smallest absolute Gasteiger partial charge is 0.164 e. The van der Waals surface area contributed by atoms with Gasteiger partial charge in [-0.25, -0.2) is 0 Å². The third-order valence-corrected chi connectivity index (χ3v) is 3.81. The maximum atomic E-state index is 10.6. The van der Waals surface area contributed by atoms with Crippen LogP contribution in [-0.2, 0) is 0 Å². The first-order valence-corrected chi connectivity index (χ1v) is 7.61. The first-order valence-electron chi connectivity index (χ1n) is 7.61. The van der Waals surface area contributed by atoms with E-state index < -0.39 is 18.8 Å². The van der Waals surface area contributed by atoms with Crippen LogP contribution in [0.15, 0.2) is 30.3 Å². The van der Waals surface area contributed by atoms with E-state index in [1.165, 1.54) is 38.5 Å². The van der Waals surface area contributed by atoms with Crippen LogP contribution in [0.2, 0.25) is 0 Å². The lowest BCUT2D eigenvalue weighted by molar-refractivity contribution is -0.000566. The van der Waals surface area contributed by atoms with Gasteiger partial charge in [0.2, 0.25) is 0 Å². The standard InChI is InChI=1S/C18H22O7/c1-10-6-11(7-15(24-3)17(10)21)18(22)16(9-19)25-13-5-4-12(20)8-14(13)23-2/h4-8,16,18-22H,9H2,1-3H3. The number of aryl methyl sites for hydroxylation is 1. The van der Waals surface area contributed by atoms with Crippen LogP contribution in [0.4, 0.5) is 0 Å². The van der Waals surface area contributed by atoms with Crippen LogP contribution in [-0.4, -0.2) is 47.4 Å². The average molecular weight is 350 g/mol. The minimum absolute atomic E-state index is 0.00388. The minimum atomic E-state index is -1.18. The predicted molar refractivity (Wildman–Crippen MR) is 90.5 cm³/mol. The molecule has 4 N–H and O–H groups in total. The Kier molecular flexibility index (Phi) is 5.95. The fourth-order valence-corrected chi connectivity index (χ4v) is 2.43. The second-order valence-electron chi connectivity index (χ2n) is 5.51. The first kappa shape index (κ1) is 18.7. The SMILES string of the molecule is COc1cc(O)ccc1OC(CO)C(O)c1cc(C)c(O)c(OC)c1. The molecule has 0 aliphatic heterocycles. The highest BCUT2D eigenvalue weighted by atomic mass is 16.5. The van der Waals surface area contributed by atoms with Gasteiger partial charge in [0.15, 0.2) is 29.1 Å². The molecule has 2 unspecified atom stereocenters. The van der Waals surface area contributed by atoms with Gasteiger partial charge in [-0.05, 0) is 42.3 Å². The minimum Gasteiger partial charge on any atom is -0.508 e. The Morgan fingerprint density at radius 3 is 2.24 bits per heavy atom. The first-order chi connectivity index (χ1) is 11.9. The van der Waals surface area contributed by atoms with Gasteiger partial charge in [0.05, 0.1) is 20.8 Å². The molecule has 2 atom stereocenters. The summed E-state index contributed by atoms with van der Waals surface area (Å²) < 4.78 is 15.9. The largest absolute Gasteiger partial charge is 0.508 e. The van der Waals surface area contributed by atoms with E-state index in [0.717, 1.165) is 0 Å². The number of phenols is 2. The average Bonchev–Trinajstić information content (AvgIpc) is 2.62. The van der Waals surface area contributed by atoms with Crippen LogP contribution >= 0.6 is 0 Å². The Balaban J connectivity index is 2.30. The third kappa shape index (κ3) is 4.07. The van der Waals surface area contributed by atoms with Crippen molar-refractivity contribution in [2.45, 2.75) is 19.1 Å². The summed E-state index contributed by atoms with van der Waals surface area (Å²) >= 11 is 0. The van der Waals surface area contributed by atoms with E-state index in [1.807, 2.05) is 0 Å². The summed E-state index contributed by atoms with van der Waals surface area (Å²) in [5.41, 5.74) is 0.941. The summed E-state index contributed by atoms with van der Waals surface area (Å²) in [5, 5.41) is 39.6. The van der Waals surface area contributed by atoms with E-state index in [4.69, 9.17) is 14.2 Å². The zero-order valence-corrected chi connectivity index (χ0v) is 14.3. The Morgan fingerprint density at radius 2 is 1.64 bits per heavy atom. The molecule has 0 bridgehead atoms. The molecule has 0 aliphatic carbocycles. The van der Waals surface area contributed by atoms with Gasteiger partial charge in [-0.1, -0.05) is 0 Å². The van der Waals surface area contributed by atoms with Crippen molar-refractivity contribution in [3.05, 3.63) is 41.5 Å². The highest BCUT2D eigenvalue weighted by Crippen LogP contribution is 2.36. The van der Waals surface area contributed by atoms with Crippen molar-refractivity contribution in [2.24, 2.45) is 0 Å². The quantitative estimate of drug-likeness (QED) is 0.604. The summed E-state index contributed by atoms with van der Waals surface area (Å²) in [4.78, 5) is 0. The number of hydrogen-bond acceptors (Lipinski definition) is 7. The van der Waals surface area contributed by atoms with Crippen molar-refractivity contribution in [1.29, 1.82) is 0 Å². The number of benzene rings is 2. The number of aliphatic hydroxyl groups excluding tert-OH is 2. The van der Waals surface area contributed by atoms with E-state index in [0.29, 0.717) is 11.1 Å². The Bertz CT molecular complexity index is 730. The van der Waals surface area contributed by atoms with E-state index in [1.54, 1.807) is 13.0 Å². The Morgan fingerprint density at radius 1 is 0.960 bits per heavy atom. The second kappa shape index (κ2) is 7.96. The maximum absolute atomic E-state index is 10.6. The lowest BCUT2D eigenvalue weighted by atomic mass is 10.0. The summed E-state index contributed by atoms with van der Waals surface area (Å²) in [6, 6.07) is 7.32. The lowest BCUT2D eigenvalue weighted by Gasteiger charge is -2.24. The van der Waals surface area contributed by atoms with Gasteiger partial charge >= 0.3 is 0 Å². The fraction of sp³-hybridized carbons (Fsp3) is 0.333. The zero-order chi connectivity index (χ0) is 18.6. The topological polar surface area (TPSA) is 109 Å². The number of methoxy groups -OCH3 is 2. The fourth-order valence-electron chi connectivity index (χ4n) is 2.43. The number of ether oxygens (including phenoxy) is 3. The van der Waals surface area contributed by atoms with Crippen LogP contribution in [0.3, 0.4) is 0 Å². The van der Waals surface area contributed by atoms with Gasteiger partial charge in [0.25, 0.3) is 0 Å². The van der Waals surface area contributed by atoms with Crippen molar-refractivity contribution >= 4 is 0 Å². The Labute approximate surface area is 145 Å². The van der Waals surface area contributed by atoms with Gasteiger partial charge in [0, 0.05) is 6.07 Å². The molecule has 2 aromatic rings. The van der Waals surface area contributed by atoms with Gasteiger partial charge in [0.1, 0.15) is 11.9 Å². The van der Waals surface area contributed by atoms with Crippen LogP contribution in [0.1, 0.15) is 17.2 Å². The lowest BCUT2D eigenvalue weighted by Crippen LogP contribution is -2.29. The van der Waals surface area contributed by atoms with Gasteiger partial charge < -0.3 is 34.6 Å². The molecular weight excluding hydrogens is 328 g/mol. The van der Waals surface area contributed by atoms with Crippen LogP contribution < -0.4 is 14.2 Å². The highest BCUT2D eigenvalue weighted by Gasteiger charge is 2.25. The van der Waals surface area contributed by atoms with Gasteiger partial charge in [-0.2, -0.15) is 0 Å². The van der Waals surface area contributed by atoms with Crippen LogP contribution in [0, 0.1) is 6.92 Å². The molecule has 7 heteroatoms. The van der Waals surface area contributed by atoms with E-state index >= 15 is 0 Å². The molecule has 0 saturated carbocycles. The van der Waals surface area contributed by atoms with E-state index in [2.05, 4.69) is 0 Å². The van der Waals surface area contributed by atoms with E-state index in [-0.39, 0.29) is 28.7 Å². The van der Waals surface area contributed by atoms with Crippen molar-refractivity contribution in [3.8, 4) is 28.7 Å². The molecule has 2 aromatic carbocycles. The number of rotatable bonds is 7. The molecule has 0 heterocycles. The summed E-state index contributed by atoms with van der Waals surface area (Å²) in [7, 11) is 2.83. The number of phenolic OH excluding ortho intramolecular Hbond substituents is 2. The highest BCUT2D eigenvalue weighted by molar-refractivity contribution is 5.49. The predicted octanol–water partition coefficient (Wildman–Crippen LogP) is 1.90. The normalized spacial score (nSPS) is 13.2. The maximum Gasteiger partial charge on any atom is 0.164 e. The number of aromatic hydroxyl groups is 2. The molecule has 136 valence electrons. The van der Waals surface area contributed by atoms with Gasteiger partial charge in [-0.3, -0.25) is 0 Å². The molecule has 0 fully saturated rings. The van der Waals surface area contributed by atoms with Crippen molar-refractivity contribution in [3.63, 3.8) is 0 Å². The molecule has 0 aromatic heterocycles. The molecule has 0 aliphatic rings. The van der Waals surface area contributed by atoms with Crippen molar-refractivity contribution in [2.75, 3.05) is 20.8 Å². The Hall–Kier alpha value is -2.64. The van der Waals surface area contributed by atoms with E-state index in [9.17, 15) is 20.4 Å². The summed E-state index contributed by atoms with van der Waals surface area (Å²) in [6.07, 6.45) is -2.18. The molecule has 25 heavy (non-hydrogen) atoms. The monoisotopic (exact) mass is 350 g/mol. The molecular formula is C18H22O7. The molecule has 0 spiro atoms. The molecule has 0 radical (unpaired) electrons. The van der Waals surface area contributed by atoms with Crippen LogP contribution in [0.25, 0.3) is 0 Å². The second-order valence-corrected chi connectivity index (χ2v) is 5.51. The van der Waals surface area contributed by atoms with Gasteiger partial charge in [-0.15, -0.1) is 0 Å². The zero-order valence-electron chi connectivity index (χ0n) is 14.3. The summed E-state index contributed by atoms with van der Waals surface area (Å²) in [5.74, 6) is 0.739. The molecule has 2 rings (SSSR count). The summed E-state index contributed by atoms with van der Waals surface area (Å²) in [6.45, 7) is 1.21. The van der Waals surface area contributed by atoms with Crippen LogP contribution in [0.5, 0.6) is 28.7 Å². The molecule has 7 nitrogen and oxygen atoms in total. The van der Waals surface area contributed by atoms with Crippen molar-refractivity contribution in [1.82, 2.24) is 0 Å². The number of hydrogen-bond donors (Lipinski definition) is 4. The molecule has 0 amide bonds. The third-order valence-electron chi connectivity index (χ3n) is 3.81.